The fourth-order valence-corrected chi connectivity index (χ4v) is 4.25. The fraction of sp³-hybridized carbons (Fsp3) is 0.294. The Morgan fingerprint density at radius 3 is 1.10 bits per heavy atom. The molecule has 0 heterocycles. The Labute approximate surface area is 278 Å². The summed E-state index contributed by atoms with van der Waals surface area (Å²) >= 11 is 0. The van der Waals surface area contributed by atoms with E-state index in [1.54, 1.807) is 12.2 Å². The summed E-state index contributed by atoms with van der Waals surface area (Å²) in [5, 5.41) is 0. The largest absolute Gasteiger partial charge is 0.493 e. The topological polar surface area (TPSA) is 71.1 Å². The average molecular weight is 723 g/mol. The molecule has 0 aliphatic heterocycles. The molecule has 3 rings (SSSR count). The second kappa shape index (κ2) is 18.1. The van der Waals surface area contributed by atoms with Crippen molar-refractivity contribution in [2.75, 3.05) is 13.2 Å². The predicted molar refractivity (Wildman–Crippen MR) is 156 cm³/mol. The number of allylic oxidation sites excluding steroid dienone is 2. The van der Waals surface area contributed by atoms with Crippen LogP contribution in [0.2, 0.25) is 0 Å². The molecule has 0 aliphatic rings. The highest BCUT2D eigenvalue weighted by molar-refractivity contribution is 5.98. The van der Waals surface area contributed by atoms with E-state index in [1.165, 1.54) is 0 Å². The molecule has 0 amide bonds. The van der Waals surface area contributed by atoms with E-state index in [9.17, 15) is 53.5 Å². The van der Waals surface area contributed by atoms with E-state index >= 15 is 0 Å². The Bertz CT molecular complexity index is 1580. The number of unbranched alkanes of at least 4 members (excludes halogenated alkanes) is 4. The number of carbonyl (C=O) groups is 2. The quantitative estimate of drug-likeness (QED) is 0.0326. The minimum atomic E-state index is -2.43. The molecule has 0 saturated carbocycles. The van der Waals surface area contributed by atoms with Crippen LogP contribution in [0.15, 0.2) is 37.4 Å². The zero-order chi connectivity index (χ0) is 37.1. The van der Waals surface area contributed by atoms with Crippen molar-refractivity contribution in [2.24, 2.45) is 0 Å². The van der Waals surface area contributed by atoms with Crippen molar-refractivity contribution in [3.63, 3.8) is 0 Å². The van der Waals surface area contributed by atoms with Crippen LogP contribution in [0.4, 0.5) is 43.9 Å². The first-order valence-corrected chi connectivity index (χ1v) is 14.8. The lowest BCUT2D eigenvalue weighted by Crippen LogP contribution is -2.16. The number of hydrogen-bond acceptors (Lipinski definition) is 6. The molecule has 50 heavy (non-hydrogen) atoms. The maximum Gasteiger partial charge on any atom is 0.342 e. The van der Waals surface area contributed by atoms with Gasteiger partial charge in [0.2, 0.25) is 11.6 Å². The van der Waals surface area contributed by atoms with Crippen LogP contribution in [0.3, 0.4) is 0 Å². The van der Waals surface area contributed by atoms with Crippen LogP contribution in [-0.4, -0.2) is 25.2 Å². The van der Waals surface area contributed by atoms with E-state index in [0.717, 1.165) is 12.1 Å². The van der Waals surface area contributed by atoms with Gasteiger partial charge in [-0.25, -0.2) is 53.5 Å². The molecule has 0 fully saturated rings. The molecule has 0 N–H and O–H groups in total. The average Bonchev–Trinajstić information content (AvgIpc) is 3.11. The van der Waals surface area contributed by atoms with Crippen molar-refractivity contribution in [1.82, 2.24) is 0 Å². The smallest absolute Gasteiger partial charge is 0.342 e. The number of benzene rings is 3. The highest BCUT2D eigenvalue weighted by Gasteiger charge is 2.30. The van der Waals surface area contributed by atoms with Gasteiger partial charge in [-0.1, -0.05) is 12.2 Å². The number of carbonyl (C=O) groups excluding carboxylic acids is 2. The summed E-state index contributed by atoms with van der Waals surface area (Å²) < 4.78 is 160. The number of esters is 2. The first-order chi connectivity index (χ1) is 23.8. The van der Waals surface area contributed by atoms with Gasteiger partial charge in [-0.15, -0.1) is 13.2 Å². The lowest BCUT2D eigenvalue weighted by molar-refractivity contribution is 0.0439. The maximum absolute atomic E-state index is 14.2. The van der Waals surface area contributed by atoms with Gasteiger partial charge >= 0.3 is 11.9 Å². The molecule has 0 aromatic heterocycles. The molecule has 0 aliphatic carbocycles. The Morgan fingerprint density at radius 1 is 0.500 bits per heavy atom. The summed E-state index contributed by atoms with van der Waals surface area (Å²) in [6.45, 7) is 4.03. The van der Waals surface area contributed by atoms with Gasteiger partial charge in [0.15, 0.2) is 46.5 Å². The van der Waals surface area contributed by atoms with Crippen LogP contribution in [-0.2, 0) is 22.7 Å². The second-order valence-electron chi connectivity index (χ2n) is 10.4. The molecule has 16 heteroatoms. The normalized spacial score (nSPS) is 10.9. The fourth-order valence-electron chi connectivity index (χ4n) is 4.25. The molecule has 0 unspecified atom stereocenters. The molecule has 6 nitrogen and oxygen atoms in total. The molecule has 270 valence electrons. The highest BCUT2D eigenvalue weighted by atomic mass is 19.2. The third kappa shape index (κ3) is 9.15. The van der Waals surface area contributed by atoms with E-state index in [4.69, 9.17) is 18.9 Å². The first-order valence-electron chi connectivity index (χ1n) is 14.8. The van der Waals surface area contributed by atoms with E-state index in [1.807, 2.05) is 0 Å². The van der Waals surface area contributed by atoms with Gasteiger partial charge in [-0.2, -0.15) is 0 Å². The highest BCUT2D eigenvalue weighted by Crippen LogP contribution is 2.33. The molecular formula is C34H28F10O6. The standard InChI is InChI=1S/C34H28F10O6/c1-3-5-7-9-11-47-21-13-18(34(46)50-16-20-25(37)29(41)32(44)30(42)26(20)38)22(48-12-10-8-6-4-2)14-17(21)33(45)49-15-19-23(35)27(39)31(43)28(40)24(19)36/h3-4,13-14H,1-2,5-12,15-16H2. The number of halogens is 10. The minimum Gasteiger partial charge on any atom is -0.493 e. The van der Waals surface area contributed by atoms with Crippen molar-refractivity contribution in [2.45, 2.75) is 51.7 Å². The second-order valence-corrected chi connectivity index (χ2v) is 10.4. The van der Waals surface area contributed by atoms with Crippen molar-refractivity contribution in [1.29, 1.82) is 0 Å². The molecule has 0 bridgehead atoms. The van der Waals surface area contributed by atoms with Gasteiger partial charge in [0.1, 0.15) is 35.8 Å². The zero-order valence-corrected chi connectivity index (χ0v) is 26.0. The number of hydrogen-bond donors (Lipinski definition) is 0. The van der Waals surface area contributed by atoms with E-state index in [0.29, 0.717) is 38.5 Å². The Balaban J connectivity index is 2.02. The van der Waals surface area contributed by atoms with Gasteiger partial charge < -0.3 is 18.9 Å². The van der Waals surface area contributed by atoms with E-state index in [2.05, 4.69) is 13.2 Å². The monoisotopic (exact) mass is 722 g/mol. The van der Waals surface area contributed by atoms with Crippen molar-refractivity contribution in [3.05, 3.63) is 118 Å². The van der Waals surface area contributed by atoms with Crippen LogP contribution in [0.5, 0.6) is 11.5 Å². The van der Waals surface area contributed by atoms with E-state index in [-0.39, 0.29) is 13.2 Å². The third-order valence-electron chi connectivity index (χ3n) is 6.94. The minimum absolute atomic E-state index is 0.118. The summed E-state index contributed by atoms with van der Waals surface area (Å²) in [6.07, 6.45) is 6.16. The van der Waals surface area contributed by atoms with Gasteiger partial charge in [0.25, 0.3) is 0 Å². The Hall–Kier alpha value is -5.02. The number of ether oxygens (including phenoxy) is 4. The van der Waals surface area contributed by atoms with E-state index < -0.39 is 117 Å². The van der Waals surface area contributed by atoms with Gasteiger partial charge in [-0.05, 0) is 50.7 Å². The lowest BCUT2D eigenvalue weighted by atomic mass is 10.1. The summed E-state index contributed by atoms with van der Waals surface area (Å²) in [5.74, 6) is -26.7. The van der Waals surface area contributed by atoms with Crippen LogP contribution < -0.4 is 9.47 Å². The predicted octanol–water partition coefficient (Wildman–Crippen LogP) is 9.26. The molecule has 0 radical (unpaired) electrons. The Kier molecular flexibility index (Phi) is 14.3. The summed E-state index contributed by atoms with van der Waals surface area (Å²) in [7, 11) is 0. The molecule has 3 aromatic rings. The molecule has 0 atom stereocenters. The SMILES string of the molecule is C=CCCCCOc1cc(C(=O)OCc2c(F)c(F)c(F)c(F)c2F)c(OCCCCC=C)cc1C(=O)OCc1c(F)c(F)c(F)c(F)c1F. The maximum atomic E-state index is 14.2. The zero-order valence-electron chi connectivity index (χ0n) is 26.0. The van der Waals surface area contributed by atoms with Crippen LogP contribution >= 0.6 is 0 Å². The van der Waals surface area contributed by atoms with Crippen LogP contribution in [0.1, 0.15) is 70.4 Å². The summed E-state index contributed by atoms with van der Waals surface area (Å²) in [5.41, 5.74) is -4.05. The van der Waals surface area contributed by atoms with Crippen LogP contribution in [0.25, 0.3) is 0 Å². The van der Waals surface area contributed by atoms with Gasteiger partial charge in [0.05, 0.1) is 24.3 Å². The Morgan fingerprint density at radius 2 is 0.800 bits per heavy atom. The van der Waals surface area contributed by atoms with Gasteiger partial charge in [-0.3, -0.25) is 0 Å². The molecule has 0 saturated heterocycles. The molecule has 0 spiro atoms. The molecule has 3 aromatic carbocycles. The third-order valence-corrected chi connectivity index (χ3v) is 6.94. The van der Waals surface area contributed by atoms with Gasteiger partial charge in [0, 0.05) is 0 Å². The summed E-state index contributed by atoms with van der Waals surface area (Å²) in [6, 6.07) is 1.73. The lowest BCUT2D eigenvalue weighted by Gasteiger charge is -2.17. The first kappa shape index (κ1) is 39.4. The van der Waals surface area contributed by atoms with Crippen molar-refractivity contribution >= 4 is 11.9 Å². The summed E-state index contributed by atoms with van der Waals surface area (Å²) in [4.78, 5) is 26.3. The number of rotatable bonds is 18. The molecular weight excluding hydrogens is 694 g/mol. The van der Waals surface area contributed by atoms with Crippen LogP contribution in [0, 0.1) is 58.2 Å². The van der Waals surface area contributed by atoms with Crippen molar-refractivity contribution in [3.8, 4) is 11.5 Å². The van der Waals surface area contributed by atoms with Crippen molar-refractivity contribution < 1.29 is 72.4 Å².